The molecule has 0 saturated heterocycles. The van der Waals surface area contributed by atoms with Crippen LogP contribution < -0.4 is 10.5 Å². The maximum atomic E-state index is 11.7. The Hall–Kier alpha value is -2.30. The summed E-state index contributed by atoms with van der Waals surface area (Å²) >= 11 is 0. The van der Waals surface area contributed by atoms with E-state index in [1.807, 2.05) is 18.2 Å². The molecule has 0 amide bonds. The highest BCUT2D eigenvalue weighted by Crippen LogP contribution is 2.09. The average Bonchev–Trinajstić information content (AvgIpc) is 2.67. The number of rotatable bonds is 3. The number of nitrogens with zero attached hydrogens (tertiary/aromatic N) is 2. The van der Waals surface area contributed by atoms with Gasteiger partial charge in [0.1, 0.15) is 11.6 Å². The number of hydrogen-bond acceptors (Lipinski definition) is 4. The molecule has 0 atom stereocenters. The fourth-order valence-corrected chi connectivity index (χ4v) is 1.44. The molecule has 0 fully saturated rings. The Bertz CT molecular complexity index is 520. The standard InChI is InChI=1S/C12H13N3O2/c1-9-7-11(13)15(14-9)12(16)8-17-10-5-3-2-4-6-10/h2-7H,8,13H2,1H3. The Morgan fingerprint density at radius 1 is 1.41 bits per heavy atom. The van der Waals surface area contributed by atoms with Gasteiger partial charge in [-0.05, 0) is 19.1 Å². The van der Waals surface area contributed by atoms with E-state index in [4.69, 9.17) is 10.5 Å². The third kappa shape index (κ3) is 2.63. The Morgan fingerprint density at radius 2 is 2.12 bits per heavy atom. The van der Waals surface area contributed by atoms with Crippen molar-refractivity contribution in [2.75, 3.05) is 12.3 Å². The van der Waals surface area contributed by atoms with Crippen molar-refractivity contribution in [2.24, 2.45) is 0 Å². The van der Waals surface area contributed by atoms with E-state index < -0.39 is 0 Å². The molecule has 0 spiro atoms. The first-order valence-corrected chi connectivity index (χ1v) is 5.20. The summed E-state index contributed by atoms with van der Waals surface area (Å²) < 4.78 is 6.47. The molecule has 0 unspecified atom stereocenters. The summed E-state index contributed by atoms with van der Waals surface area (Å²) in [7, 11) is 0. The van der Waals surface area contributed by atoms with E-state index in [2.05, 4.69) is 5.10 Å². The Kier molecular flexibility index (Phi) is 3.09. The van der Waals surface area contributed by atoms with Gasteiger partial charge in [-0.25, -0.2) is 0 Å². The lowest BCUT2D eigenvalue weighted by Crippen LogP contribution is -2.22. The van der Waals surface area contributed by atoms with E-state index in [-0.39, 0.29) is 12.5 Å². The van der Waals surface area contributed by atoms with Gasteiger partial charge in [-0.3, -0.25) is 4.79 Å². The molecule has 2 N–H and O–H groups in total. The molecule has 1 aromatic heterocycles. The van der Waals surface area contributed by atoms with Crippen LogP contribution in [0.15, 0.2) is 36.4 Å². The number of anilines is 1. The summed E-state index contributed by atoms with van der Waals surface area (Å²) in [6.45, 7) is 1.69. The van der Waals surface area contributed by atoms with Crippen LogP contribution in [0.5, 0.6) is 5.75 Å². The number of hydrogen-bond donors (Lipinski definition) is 1. The SMILES string of the molecule is Cc1cc(N)n(C(=O)COc2ccccc2)n1. The van der Waals surface area contributed by atoms with E-state index in [0.29, 0.717) is 17.3 Å². The second-order valence-electron chi connectivity index (χ2n) is 3.62. The Labute approximate surface area is 98.8 Å². The first-order chi connectivity index (χ1) is 8.16. The van der Waals surface area contributed by atoms with Crippen LogP contribution in [0.1, 0.15) is 10.5 Å². The van der Waals surface area contributed by atoms with Gasteiger partial charge in [-0.2, -0.15) is 9.78 Å². The highest BCUT2D eigenvalue weighted by Gasteiger charge is 2.11. The topological polar surface area (TPSA) is 70.1 Å². The van der Waals surface area contributed by atoms with Crippen LogP contribution in [0, 0.1) is 6.92 Å². The van der Waals surface area contributed by atoms with E-state index in [1.54, 1.807) is 25.1 Å². The molecule has 0 aliphatic rings. The van der Waals surface area contributed by atoms with Crippen molar-refractivity contribution in [3.05, 3.63) is 42.1 Å². The van der Waals surface area contributed by atoms with E-state index in [0.717, 1.165) is 4.68 Å². The van der Waals surface area contributed by atoms with Gasteiger partial charge in [0.05, 0.1) is 5.69 Å². The summed E-state index contributed by atoms with van der Waals surface area (Å²) in [5.41, 5.74) is 6.34. The molecule has 88 valence electrons. The Morgan fingerprint density at radius 3 is 2.71 bits per heavy atom. The fraction of sp³-hybridized carbons (Fsp3) is 0.167. The zero-order valence-corrected chi connectivity index (χ0v) is 9.46. The minimum absolute atomic E-state index is 0.0880. The lowest BCUT2D eigenvalue weighted by atomic mass is 10.3. The second-order valence-corrected chi connectivity index (χ2v) is 3.62. The average molecular weight is 231 g/mol. The highest BCUT2D eigenvalue weighted by atomic mass is 16.5. The van der Waals surface area contributed by atoms with Crippen LogP contribution in [-0.4, -0.2) is 22.3 Å². The van der Waals surface area contributed by atoms with E-state index in [1.165, 1.54) is 0 Å². The van der Waals surface area contributed by atoms with Gasteiger partial charge in [-0.15, -0.1) is 0 Å². The van der Waals surface area contributed by atoms with Gasteiger partial charge < -0.3 is 10.5 Å². The van der Waals surface area contributed by atoms with Crippen molar-refractivity contribution in [1.82, 2.24) is 9.78 Å². The minimum Gasteiger partial charge on any atom is -0.484 e. The summed E-state index contributed by atoms with van der Waals surface area (Å²) in [6, 6.07) is 10.8. The molecule has 0 aliphatic heterocycles. The normalized spacial score (nSPS) is 10.2. The predicted molar refractivity (Wildman–Crippen MR) is 63.9 cm³/mol. The van der Waals surface area contributed by atoms with Crippen LogP contribution in [0.4, 0.5) is 5.82 Å². The molecule has 5 nitrogen and oxygen atoms in total. The monoisotopic (exact) mass is 231 g/mol. The lowest BCUT2D eigenvalue weighted by molar-refractivity contribution is 0.0824. The van der Waals surface area contributed by atoms with Crippen LogP contribution >= 0.6 is 0 Å². The molecule has 2 aromatic rings. The predicted octanol–water partition coefficient (Wildman–Crippen LogP) is 1.49. The summed E-state index contributed by atoms with van der Waals surface area (Å²) in [6.07, 6.45) is 0. The van der Waals surface area contributed by atoms with Gasteiger partial charge in [0.25, 0.3) is 5.91 Å². The second kappa shape index (κ2) is 4.69. The van der Waals surface area contributed by atoms with Crippen LogP contribution in [0.2, 0.25) is 0 Å². The molecule has 1 heterocycles. The first-order valence-electron chi connectivity index (χ1n) is 5.20. The van der Waals surface area contributed by atoms with Crippen molar-refractivity contribution in [3.63, 3.8) is 0 Å². The summed E-state index contributed by atoms with van der Waals surface area (Å²) in [4.78, 5) is 11.7. The number of aromatic nitrogens is 2. The molecule has 0 saturated carbocycles. The van der Waals surface area contributed by atoms with Crippen molar-refractivity contribution in [1.29, 1.82) is 0 Å². The number of nitrogens with two attached hydrogens (primary N) is 1. The molecule has 0 aliphatic carbocycles. The Balaban J connectivity index is 2.01. The van der Waals surface area contributed by atoms with Crippen molar-refractivity contribution < 1.29 is 9.53 Å². The summed E-state index contributed by atoms with van der Waals surface area (Å²) in [5, 5.41) is 3.98. The maximum absolute atomic E-state index is 11.7. The zero-order valence-electron chi connectivity index (χ0n) is 9.46. The van der Waals surface area contributed by atoms with E-state index in [9.17, 15) is 4.79 Å². The summed E-state index contributed by atoms with van der Waals surface area (Å²) in [5.74, 6) is 0.673. The number of benzene rings is 1. The molecule has 5 heteroatoms. The van der Waals surface area contributed by atoms with E-state index >= 15 is 0 Å². The molecule has 0 bridgehead atoms. The maximum Gasteiger partial charge on any atom is 0.286 e. The highest BCUT2D eigenvalue weighted by molar-refractivity contribution is 5.82. The third-order valence-corrected chi connectivity index (χ3v) is 2.20. The van der Waals surface area contributed by atoms with Gasteiger partial charge in [0, 0.05) is 6.07 Å². The smallest absolute Gasteiger partial charge is 0.286 e. The number of aryl methyl sites for hydroxylation is 1. The van der Waals surface area contributed by atoms with Crippen LogP contribution in [-0.2, 0) is 0 Å². The number of carbonyl (C=O) groups is 1. The number of carbonyl (C=O) groups excluding carboxylic acids is 1. The number of nitrogen functional groups attached to an aromatic ring is 1. The molecule has 2 rings (SSSR count). The molecule has 1 aromatic carbocycles. The van der Waals surface area contributed by atoms with Gasteiger partial charge in [0.15, 0.2) is 6.61 Å². The zero-order chi connectivity index (χ0) is 12.3. The molecular formula is C12H13N3O2. The van der Waals surface area contributed by atoms with Crippen molar-refractivity contribution in [3.8, 4) is 5.75 Å². The fourth-order valence-electron chi connectivity index (χ4n) is 1.44. The minimum atomic E-state index is -0.292. The van der Waals surface area contributed by atoms with Gasteiger partial charge in [-0.1, -0.05) is 18.2 Å². The largest absolute Gasteiger partial charge is 0.484 e. The quantitative estimate of drug-likeness (QED) is 0.868. The van der Waals surface area contributed by atoms with Gasteiger partial charge >= 0.3 is 0 Å². The first kappa shape index (κ1) is 11.2. The van der Waals surface area contributed by atoms with Crippen LogP contribution in [0.3, 0.4) is 0 Å². The molecular weight excluding hydrogens is 218 g/mol. The third-order valence-electron chi connectivity index (χ3n) is 2.20. The van der Waals surface area contributed by atoms with Crippen LogP contribution in [0.25, 0.3) is 0 Å². The molecule has 17 heavy (non-hydrogen) atoms. The number of ether oxygens (including phenoxy) is 1. The van der Waals surface area contributed by atoms with Crippen molar-refractivity contribution >= 4 is 11.7 Å². The lowest BCUT2D eigenvalue weighted by Gasteiger charge is -2.05. The number of para-hydroxylation sites is 1. The molecule has 0 radical (unpaired) electrons. The van der Waals surface area contributed by atoms with Crippen molar-refractivity contribution in [2.45, 2.75) is 6.92 Å². The van der Waals surface area contributed by atoms with Gasteiger partial charge in [0.2, 0.25) is 0 Å².